The number of unbranched alkanes of at least 4 members (excludes halogenated alkanes) is 2. The number of benzene rings is 2. The molecule has 0 heterocycles. The number of rotatable bonds is 7. The Morgan fingerprint density at radius 3 is 2.14 bits per heavy atom. The van der Waals surface area contributed by atoms with Gasteiger partial charge in [-0.3, -0.25) is 0 Å². The predicted octanol–water partition coefficient (Wildman–Crippen LogP) is 4.97. The van der Waals surface area contributed by atoms with Gasteiger partial charge in [-0.15, -0.1) is 0 Å². The predicted molar refractivity (Wildman–Crippen MR) is 88.8 cm³/mol. The summed E-state index contributed by atoms with van der Waals surface area (Å²) in [6.07, 6.45) is 6.38. The van der Waals surface area contributed by atoms with E-state index in [9.17, 15) is 0 Å². The fourth-order valence-electron chi connectivity index (χ4n) is 2.22. The van der Waals surface area contributed by atoms with Crippen molar-refractivity contribution in [2.45, 2.75) is 32.6 Å². The molecule has 0 radical (unpaired) electrons. The van der Waals surface area contributed by atoms with Crippen molar-refractivity contribution in [2.24, 2.45) is 5.16 Å². The molecular weight excluding hydrogens is 260 g/mol. The summed E-state index contributed by atoms with van der Waals surface area (Å²) >= 11 is 0. The Balaban J connectivity index is 1.93. The van der Waals surface area contributed by atoms with Gasteiger partial charge in [0.15, 0.2) is 0 Å². The summed E-state index contributed by atoms with van der Waals surface area (Å²) in [5.74, 6) is 0. The van der Waals surface area contributed by atoms with E-state index in [0.29, 0.717) is 0 Å². The molecule has 0 fully saturated rings. The van der Waals surface area contributed by atoms with Gasteiger partial charge in [-0.25, -0.2) is 0 Å². The van der Waals surface area contributed by atoms with Crippen LogP contribution in [-0.2, 0) is 6.42 Å². The van der Waals surface area contributed by atoms with Gasteiger partial charge in [-0.2, -0.15) is 0 Å². The Bertz CT molecular complexity index is 559. The van der Waals surface area contributed by atoms with Gasteiger partial charge in [0.05, 0.1) is 6.21 Å². The third-order valence-corrected chi connectivity index (χ3v) is 3.43. The number of oxime groups is 1. The monoisotopic (exact) mass is 282 g/mol. The van der Waals surface area contributed by atoms with Crippen LogP contribution in [0.4, 0.5) is 11.4 Å². The van der Waals surface area contributed by atoms with E-state index in [1.165, 1.54) is 31.0 Å². The molecule has 0 aliphatic heterocycles. The highest BCUT2D eigenvalue weighted by molar-refractivity contribution is 5.80. The van der Waals surface area contributed by atoms with Crippen molar-refractivity contribution < 1.29 is 5.21 Å². The fraction of sp³-hybridized carbons (Fsp3) is 0.278. The Kier molecular flexibility index (Phi) is 5.83. The van der Waals surface area contributed by atoms with E-state index in [2.05, 4.69) is 41.7 Å². The van der Waals surface area contributed by atoms with E-state index in [1.54, 1.807) is 0 Å². The molecule has 0 atom stereocenters. The summed E-state index contributed by atoms with van der Waals surface area (Å²) in [5.41, 5.74) is 4.36. The minimum atomic E-state index is 0.870. The molecule has 0 aromatic heterocycles. The second kappa shape index (κ2) is 8.10. The fourth-order valence-corrected chi connectivity index (χ4v) is 2.22. The Morgan fingerprint density at radius 1 is 0.952 bits per heavy atom. The first-order valence-electron chi connectivity index (χ1n) is 7.45. The van der Waals surface area contributed by atoms with Gasteiger partial charge in [0.2, 0.25) is 0 Å². The minimum absolute atomic E-state index is 0.870. The molecule has 0 unspecified atom stereocenters. The molecule has 0 spiro atoms. The number of hydrogen-bond donors (Lipinski definition) is 2. The van der Waals surface area contributed by atoms with Crippen molar-refractivity contribution in [2.75, 3.05) is 5.32 Å². The molecule has 3 nitrogen and oxygen atoms in total. The van der Waals surface area contributed by atoms with Crippen LogP contribution in [0.3, 0.4) is 0 Å². The third-order valence-electron chi connectivity index (χ3n) is 3.43. The molecule has 0 saturated heterocycles. The SMILES string of the molecule is CCCCCc1ccc(Nc2ccc(/C=N/O)cc2)cc1. The molecule has 2 N–H and O–H groups in total. The summed E-state index contributed by atoms with van der Waals surface area (Å²) < 4.78 is 0. The molecule has 110 valence electrons. The molecule has 0 aliphatic rings. The van der Waals surface area contributed by atoms with E-state index in [1.807, 2.05) is 24.3 Å². The highest BCUT2D eigenvalue weighted by Crippen LogP contribution is 2.18. The van der Waals surface area contributed by atoms with Gasteiger partial charge < -0.3 is 10.5 Å². The minimum Gasteiger partial charge on any atom is -0.411 e. The first kappa shape index (κ1) is 15.1. The van der Waals surface area contributed by atoms with Crippen LogP contribution in [0.25, 0.3) is 0 Å². The van der Waals surface area contributed by atoms with Crippen molar-refractivity contribution in [1.82, 2.24) is 0 Å². The van der Waals surface area contributed by atoms with Crippen molar-refractivity contribution in [3.8, 4) is 0 Å². The van der Waals surface area contributed by atoms with Gasteiger partial charge in [-0.1, -0.05) is 49.2 Å². The lowest BCUT2D eigenvalue weighted by molar-refractivity contribution is 0.322. The van der Waals surface area contributed by atoms with E-state index in [-0.39, 0.29) is 0 Å². The van der Waals surface area contributed by atoms with Crippen LogP contribution >= 0.6 is 0 Å². The summed E-state index contributed by atoms with van der Waals surface area (Å²) in [6, 6.07) is 16.3. The summed E-state index contributed by atoms with van der Waals surface area (Å²) in [7, 11) is 0. The zero-order chi connectivity index (χ0) is 14.9. The first-order valence-corrected chi connectivity index (χ1v) is 7.45. The van der Waals surface area contributed by atoms with Crippen molar-refractivity contribution in [3.63, 3.8) is 0 Å². The third kappa shape index (κ3) is 4.95. The van der Waals surface area contributed by atoms with Crippen molar-refractivity contribution in [3.05, 3.63) is 59.7 Å². The quantitative estimate of drug-likeness (QED) is 0.326. The van der Waals surface area contributed by atoms with Gasteiger partial charge in [0.25, 0.3) is 0 Å². The molecular formula is C18H22N2O. The second-order valence-electron chi connectivity index (χ2n) is 5.15. The van der Waals surface area contributed by atoms with E-state index in [4.69, 9.17) is 5.21 Å². The van der Waals surface area contributed by atoms with E-state index >= 15 is 0 Å². The average Bonchev–Trinajstić information content (AvgIpc) is 2.51. The standard InChI is InChI=1S/C18H22N2O/c1-2-3-4-5-15-6-10-17(11-7-15)20-18-12-8-16(9-13-18)14-19-21/h6-14,20-21H,2-5H2,1H3/b19-14+. The summed E-state index contributed by atoms with van der Waals surface area (Å²) in [4.78, 5) is 0. The van der Waals surface area contributed by atoms with Crippen LogP contribution in [0, 0.1) is 0 Å². The topological polar surface area (TPSA) is 44.6 Å². The average molecular weight is 282 g/mol. The van der Waals surface area contributed by atoms with Crippen LogP contribution in [0.2, 0.25) is 0 Å². The van der Waals surface area contributed by atoms with Crippen LogP contribution in [-0.4, -0.2) is 11.4 Å². The number of hydrogen-bond acceptors (Lipinski definition) is 3. The van der Waals surface area contributed by atoms with Gasteiger partial charge in [0, 0.05) is 11.4 Å². The molecule has 2 rings (SSSR count). The maximum absolute atomic E-state index is 8.48. The molecule has 0 amide bonds. The first-order chi connectivity index (χ1) is 10.3. The van der Waals surface area contributed by atoms with Crippen LogP contribution < -0.4 is 5.32 Å². The summed E-state index contributed by atoms with van der Waals surface area (Å²) in [5, 5.41) is 14.9. The van der Waals surface area contributed by atoms with Crippen molar-refractivity contribution in [1.29, 1.82) is 0 Å². The zero-order valence-electron chi connectivity index (χ0n) is 12.4. The van der Waals surface area contributed by atoms with Crippen LogP contribution in [0.1, 0.15) is 37.3 Å². The Labute approximate surface area is 126 Å². The van der Waals surface area contributed by atoms with Crippen LogP contribution in [0.15, 0.2) is 53.7 Å². The largest absolute Gasteiger partial charge is 0.411 e. The molecule has 0 saturated carbocycles. The molecule has 0 bridgehead atoms. The smallest absolute Gasteiger partial charge is 0.0733 e. The molecule has 21 heavy (non-hydrogen) atoms. The Hall–Kier alpha value is -2.29. The maximum atomic E-state index is 8.48. The van der Waals surface area contributed by atoms with Gasteiger partial charge in [0.1, 0.15) is 0 Å². The van der Waals surface area contributed by atoms with Crippen LogP contribution in [0.5, 0.6) is 0 Å². The van der Waals surface area contributed by atoms with Gasteiger partial charge in [-0.05, 0) is 48.2 Å². The highest BCUT2D eigenvalue weighted by Gasteiger charge is 1.97. The molecule has 0 aliphatic carbocycles. The lowest BCUT2D eigenvalue weighted by atomic mass is 10.1. The second-order valence-corrected chi connectivity index (χ2v) is 5.15. The Morgan fingerprint density at radius 2 is 1.57 bits per heavy atom. The van der Waals surface area contributed by atoms with E-state index < -0.39 is 0 Å². The number of nitrogens with zero attached hydrogens (tertiary/aromatic N) is 1. The van der Waals surface area contributed by atoms with E-state index in [0.717, 1.165) is 23.4 Å². The lowest BCUT2D eigenvalue weighted by Gasteiger charge is -2.08. The van der Waals surface area contributed by atoms with Gasteiger partial charge >= 0.3 is 0 Å². The lowest BCUT2D eigenvalue weighted by Crippen LogP contribution is -1.92. The highest BCUT2D eigenvalue weighted by atomic mass is 16.4. The zero-order valence-corrected chi connectivity index (χ0v) is 12.4. The molecule has 2 aromatic carbocycles. The number of nitrogens with one attached hydrogen (secondary N) is 1. The number of aryl methyl sites for hydroxylation is 1. The maximum Gasteiger partial charge on any atom is 0.0733 e. The normalized spacial score (nSPS) is 10.9. The molecule has 2 aromatic rings. The number of anilines is 2. The van der Waals surface area contributed by atoms with Crippen molar-refractivity contribution >= 4 is 17.6 Å². The summed E-state index contributed by atoms with van der Waals surface area (Å²) in [6.45, 7) is 2.23. The molecule has 3 heteroatoms.